The third-order valence-electron chi connectivity index (χ3n) is 3.24. The van der Waals surface area contributed by atoms with Gasteiger partial charge in [-0.1, -0.05) is 0 Å². The van der Waals surface area contributed by atoms with E-state index in [1.165, 1.54) is 0 Å². The summed E-state index contributed by atoms with van der Waals surface area (Å²) >= 11 is 0. The minimum atomic E-state index is -1.73. The third kappa shape index (κ3) is 5.34. The predicted molar refractivity (Wildman–Crippen MR) is 69.9 cm³/mol. The van der Waals surface area contributed by atoms with Gasteiger partial charge in [-0.3, -0.25) is 0 Å². The Balaban J connectivity index is 2.62. The summed E-state index contributed by atoms with van der Waals surface area (Å²) in [6.45, 7) is 5.07. The number of alkyl carbamates (subject to hydrolysis) is 1. The van der Waals surface area contributed by atoms with Gasteiger partial charge in [0.1, 0.15) is 11.6 Å². The van der Waals surface area contributed by atoms with Gasteiger partial charge >= 0.3 is 12.1 Å². The Labute approximate surface area is 117 Å². The largest absolute Gasteiger partial charge is 0.480 e. The summed E-state index contributed by atoms with van der Waals surface area (Å²) in [5, 5.41) is 30.4. The zero-order valence-electron chi connectivity index (χ0n) is 12.0. The smallest absolute Gasteiger partial charge is 0.408 e. The maximum absolute atomic E-state index is 11.6. The maximum Gasteiger partial charge on any atom is 0.408 e. The highest BCUT2D eigenvalue weighted by molar-refractivity contribution is 5.80. The molecule has 1 rings (SSSR count). The van der Waals surface area contributed by atoms with Crippen LogP contribution in [-0.4, -0.2) is 44.8 Å². The molecule has 1 aliphatic carbocycles. The number of rotatable bonds is 3. The van der Waals surface area contributed by atoms with Crippen molar-refractivity contribution in [3.05, 3.63) is 0 Å². The summed E-state index contributed by atoms with van der Waals surface area (Å²) in [6, 6.07) is -1.08. The first-order chi connectivity index (χ1) is 9.00. The van der Waals surface area contributed by atoms with Crippen LogP contribution in [0.5, 0.6) is 0 Å². The number of carboxylic acid groups (broad SMARTS) is 1. The number of carbonyl (C=O) groups is 2. The predicted octanol–water partition coefficient (Wildman–Crippen LogP) is 0.835. The van der Waals surface area contributed by atoms with Crippen LogP contribution in [0.15, 0.2) is 0 Å². The quantitative estimate of drug-likeness (QED) is 0.572. The molecule has 1 fully saturated rings. The lowest BCUT2D eigenvalue weighted by Crippen LogP contribution is -2.50. The first kappa shape index (κ1) is 16.7. The molecule has 0 aliphatic heterocycles. The van der Waals surface area contributed by atoms with Gasteiger partial charge in [0.15, 0.2) is 5.79 Å². The van der Waals surface area contributed by atoms with E-state index in [-0.39, 0.29) is 18.8 Å². The molecule has 0 saturated heterocycles. The van der Waals surface area contributed by atoms with Crippen molar-refractivity contribution in [3.8, 4) is 0 Å². The molecule has 20 heavy (non-hydrogen) atoms. The lowest BCUT2D eigenvalue weighted by Gasteiger charge is -2.34. The van der Waals surface area contributed by atoms with Gasteiger partial charge in [-0.15, -0.1) is 0 Å². The molecule has 1 atom stereocenters. The molecule has 0 bridgehead atoms. The number of carboxylic acids is 1. The van der Waals surface area contributed by atoms with Gasteiger partial charge in [0.05, 0.1) is 0 Å². The lowest BCUT2D eigenvalue weighted by molar-refractivity contribution is -0.188. The maximum atomic E-state index is 11.6. The Hall–Kier alpha value is -1.34. The van der Waals surface area contributed by atoms with E-state index in [2.05, 4.69) is 5.32 Å². The number of nitrogens with one attached hydrogen (secondary N) is 1. The van der Waals surface area contributed by atoms with Crippen molar-refractivity contribution in [2.45, 2.75) is 63.9 Å². The highest BCUT2D eigenvalue weighted by Gasteiger charge is 2.38. The van der Waals surface area contributed by atoms with E-state index in [4.69, 9.17) is 4.74 Å². The summed E-state index contributed by atoms with van der Waals surface area (Å²) in [4.78, 5) is 22.9. The van der Waals surface area contributed by atoms with E-state index in [9.17, 15) is 24.9 Å². The molecule has 4 N–H and O–H groups in total. The second kappa shape index (κ2) is 5.97. The molecule has 0 aromatic rings. The molecule has 116 valence electrons. The molecule has 7 nitrogen and oxygen atoms in total. The zero-order chi connectivity index (χ0) is 15.6. The minimum Gasteiger partial charge on any atom is -0.480 e. The number of hydrogen-bond donors (Lipinski definition) is 4. The van der Waals surface area contributed by atoms with Crippen LogP contribution < -0.4 is 5.32 Å². The molecular weight excluding hydrogens is 266 g/mol. The molecular formula is C13H23NO6. The van der Waals surface area contributed by atoms with Crippen molar-refractivity contribution in [3.63, 3.8) is 0 Å². The Kier molecular flexibility index (Phi) is 4.99. The van der Waals surface area contributed by atoms with Gasteiger partial charge in [0.2, 0.25) is 0 Å². The average molecular weight is 289 g/mol. The van der Waals surface area contributed by atoms with Gasteiger partial charge in [-0.2, -0.15) is 0 Å². The van der Waals surface area contributed by atoms with Gasteiger partial charge in [0, 0.05) is 12.8 Å². The molecule has 1 saturated carbocycles. The highest BCUT2D eigenvalue weighted by atomic mass is 16.6. The zero-order valence-corrected chi connectivity index (χ0v) is 12.0. The van der Waals surface area contributed by atoms with E-state index >= 15 is 0 Å². The number of hydrogen-bond acceptors (Lipinski definition) is 5. The van der Waals surface area contributed by atoms with Crippen molar-refractivity contribution in [1.29, 1.82) is 0 Å². The summed E-state index contributed by atoms with van der Waals surface area (Å²) < 4.78 is 5.04. The van der Waals surface area contributed by atoms with Crippen LogP contribution in [0.4, 0.5) is 4.79 Å². The van der Waals surface area contributed by atoms with E-state index in [0.717, 1.165) is 0 Å². The first-order valence-corrected chi connectivity index (χ1v) is 6.67. The fourth-order valence-corrected chi connectivity index (χ4v) is 2.25. The van der Waals surface area contributed by atoms with Crippen LogP contribution >= 0.6 is 0 Å². The van der Waals surface area contributed by atoms with Crippen LogP contribution in [-0.2, 0) is 9.53 Å². The van der Waals surface area contributed by atoms with Gasteiger partial charge in [0.25, 0.3) is 0 Å². The van der Waals surface area contributed by atoms with Crippen molar-refractivity contribution < 1.29 is 29.6 Å². The minimum absolute atomic E-state index is 0.0947. The Bertz CT molecular complexity index is 364. The van der Waals surface area contributed by atoms with E-state index < -0.39 is 29.5 Å². The number of amides is 1. The van der Waals surface area contributed by atoms with Crippen molar-refractivity contribution in [1.82, 2.24) is 5.32 Å². The fraction of sp³-hybridized carbons (Fsp3) is 0.846. The number of ether oxygens (including phenoxy) is 1. The van der Waals surface area contributed by atoms with Crippen LogP contribution in [0.3, 0.4) is 0 Å². The van der Waals surface area contributed by atoms with Gasteiger partial charge in [-0.25, -0.2) is 9.59 Å². The molecule has 0 heterocycles. The number of aliphatic carboxylic acids is 1. The van der Waals surface area contributed by atoms with E-state index in [1.54, 1.807) is 20.8 Å². The SMILES string of the molecule is CC(C)(C)OC(=O)NC(C(=O)O)C1CCC(O)(O)CC1. The highest BCUT2D eigenvalue weighted by Crippen LogP contribution is 2.32. The molecule has 0 aromatic carbocycles. The molecule has 0 spiro atoms. The number of aliphatic hydroxyl groups is 2. The van der Waals surface area contributed by atoms with Crippen molar-refractivity contribution in [2.75, 3.05) is 0 Å². The average Bonchev–Trinajstić information content (AvgIpc) is 2.23. The molecule has 1 unspecified atom stereocenters. The van der Waals surface area contributed by atoms with Gasteiger partial charge < -0.3 is 25.4 Å². The van der Waals surface area contributed by atoms with Crippen molar-refractivity contribution >= 4 is 12.1 Å². The fourth-order valence-electron chi connectivity index (χ4n) is 2.25. The normalized spacial score (nSPS) is 21.1. The summed E-state index contributed by atoms with van der Waals surface area (Å²) in [5.74, 6) is -3.22. The third-order valence-corrected chi connectivity index (χ3v) is 3.24. The first-order valence-electron chi connectivity index (χ1n) is 6.67. The lowest BCUT2D eigenvalue weighted by atomic mass is 9.81. The van der Waals surface area contributed by atoms with Crippen LogP contribution in [0.25, 0.3) is 0 Å². The van der Waals surface area contributed by atoms with Gasteiger partial charge in [-0.05, 0) is 39.5 Å². The number of carbonyl (C=O) groups excluding carboxylic acids is 1. The van der Waals surface area contributed by atoms with Crippen LogP contribution in [0, 0.1) is 5.92 Å². The topological polar surface area (TPSA) is 116 Å². The van der Waals surface area contributed by atoms with E-state index in [1.807, 2.05) is 0 Å². The second-order valence-electron chi connectivity index (χ2n) is 6.28. The molecule has 7 heteroatoms. The van der Waals surface area contributed by atoms with Crippen molar-refractivity contribution in [2.24, 2.45) is 5.92 Å². The Morgan fingerprint density at radius 1 is 1.25 bits per heavy atom. The summed E-state index contributed by atoms with van der Waals surface area (Å²) in [5.41, 5.74) is -0.703. The monoisotopic (exact) mass is 289 g/mol. The van der Waals surface area contributed by atoms with Crippen LogP contribution in [0.1, 0.15) is 46.5 Å². The van der Waals surface area contributed by atoms with E-state index in [0.29, 0.717) is 12.8 Å². The Morgan fingerprint density at radius 3 is 2.15 bits per heavy atom. The molecule has 0 radical (unpaired) electrons. The standard InChI is InChI=1S/C13H23NO6/c1-12(2,3)20-11(17)14-9(10(15)16)8-4-6-13(18,19)7-5-8/h8-9,18-19H,4-7H2,1-3H3,(H,14,17)(H,15,16). The van der Waals surface area contributed by atoms with Crippen LogP contribution in [0.2, 0.25) is 0 Å². The Morgan fingerprint density at radius 2 is 1.75 bits per heavy atom. The summed E-state index contributed by atoms with van der Waals surface area (Å²) in [6.07, 6.45) is 0.0451. The summed E-state index contributed by atoms with van der Waals surface area (Å²) in [7, 11) is 0. The molecule has 1 amide bonds. The second-order valence-corrected chi connectivity index (χ2v) is 6.28. The molecule has 0 aromatic heterocycles. The molecule has 1 aliphatic rings.